The van der Waals surface area contributed by atoms with Crippen molar-refractivity contribution >= 4 is 11.6 Å². The molecule has 2 rings (SSSR count). The topological polar surface area (TPSA) is 20.3 Å². The van der Waals surface area contributed by atoms with Crippen LogP contribution in [-0.4, -0.2) is 11.9 Å². The van der Waals surface area contributed by atoms with Crippen molar-refractivity contribution in [3.05, 3.63) is 29.3 Å². The zero-order chi connectivity index (χ0) is 12.6. The zero-order valence-electron chi connectivity index (χ0n) is 11.2. The Morgan fingerprint density at radius 3 is 2.53 bits per heavy atom. The van der Waals surface area contributed by atoms with Gasteiger partial charge >= 0.3 is 0 Å². The Kier molecular flexibility index (Phi) is 3.23. The van der Waals surface area contributed by atoms with Gasteiger partial charge in [0.2, 0.25) is 5.91 Å². The van der Waals surface area contributed by atoms with Gasteiger partial charge in [-0.15, -0.1) is 0 Å². The molecule has 0 fully saturated rings. The van der Waals surface area contributed by atoms with Crippen molar-refractivity contribution in [3.8, 4) is 0 Å². The van der Waals surface area contributed by atoms with Crippen LogP contribution in [0, 0.1) is 12.8 Å². The predicted molar refractivity (Wildman–Crippen MR) is 71.3 cm³/mol. The van der Waals surface area contributed by atoms with E-state index in [0.717, 1.165) is 12.1 Å². The number of aryl methyl sites for hydroxylation is 2. The minimum Gasteiger partial charge on any atom is -0.309 e. The molecule has 0 saturated carbocycles. The number of carbonyl (C=O) groups is 1. The predicted octanol–water partition coefficient (Wildman–Crippen LogP) is 3.32. The molecule has 2 nitrogen and oxygen atoms in total. The summed E-state index contributed by atoms with van der Waals surface area (Å²) in [7, 11) is 0. The average Bonchev–Trinajstić information content (AvgIpc) is 2.28. The molecule has 1 unspecified atom stereocenters. The maximum Gasteiger partial charge on any atom is 0.227 e. The van der Waals surface area contributed by atoms with Gasteiger partial charge in [0.1, 0.15) is 0 Å². The van der Waals surface area contributed by atoms with Crippen molar-refractivity contribution in [1.82, 2.24) is 0 Å². The van der Waals surface area contributed by atoms with Gasteiger partial charge in [-0.3, -0.25) is 4.79 Å². The normalized spacial score (nSPS) is 17.2. The number of carbonyl (C=O) groups excluding carboxylic acids is 1. The van der Waals surface area contributed by atoms with Crippen LogP contribution in [0.25, 0.3) is 0 Å². The summed E-state index contributed by atoms with van der Waals surface area (Å²) in [6.07, 6.45) is 1.53. The molecule has 17 heavy (non-hydrogen) atoms. The van der Waals surface area contributed by atoms with Gasteiger partial charge in [0.05, 0.1) is 0 Å². The first kappa shape index (κ1) is 12.2. The third-order valence-corrected chi connectivity index (χ3v) is 3.74. The maximum absolute atomic E-state index is 12.1. The molecule has 0 bridgehead atoms. The van der Waals surface area contributed by atoms with Crippen LogP contribution >= 0.6 is 0 Å². The molecule has 1 heterocycles. The number of hydrogen-bond donors (Lipinski definition) is 0. The third kappa shape index (κ3) is 2.21. The summed E-state index contributed by atoms with van der Waals surface area (Å²) in [6, 6.07) is 6.67. The Morgan fingerprint density at radius 1 is 1.18 bits per heavy atom. The summed E-state index contributed by atoms with van der Waals surface area (Å²) in [4.78, 5) is 14.1. The third-order valence-electron chi connectivity index (χ3n) is 3.74. The van der Waals surface area contributed by atoms with Crippen LogP contribution in [0.15, 0.2) is 18.2 Å². The van der Waals surface area contributed by atoms with Gasteiger partial charge in [-0.05, 0) is 37.8 Å². The highest BCUT2D eigenvalue weighted by atomic mass is 16.2. The Labute approximate surface area is 104 Å². The number of rotatable bonds is 2. The van der Waals surface area contributed by atoms with E-state index in [4.69, 9.17) is 0 Å². The fraction of sp³-hybridized carbons (Fsp3) is 0.533. The smallest absolute Gasteiger partial charge is 0.227 e. The molecule has 92 valence electrons. The van der Waals surface area contributed by atoms with Gasteiger partial charge in [-0.25, -0.2) is 0 Å². The van der Waals surface area contributed by atoms with E-state index in [-0.39, 0.29) is 11.9 Å². The molecule has 0 N–H and O–H groups in total. The van der Waals surface area contributed by atoms with Crippen molar-refractivity contribution in [2.75, 3.05) is 4.90 Å². The molecule has 1 aliphatic rings. The van der Waals surface area contributed by atoms with E-state index in [1.54, 1.807) is 0 Å². The first-order valence-corrected chi connectivity index (χ1v) is 6.42. The zero-order valence-corrected chi connectivity index (χ0v) is 11.2. The Bertz CT molecular complexity index is 437. The van der Waals surface area contributed by atoms with E-state index < -0.39 is 0 Å². The molecule has 0 spiro atoms. The van der Waals surface area contributed by atoms with Crippen molar-refractivity contribution in [2.45, 2.75) is 46.6 Å². The lowest BCUT2D eigenvalue weighted by atomic mass is 9.95. The van der Waals surface area contributed by atoms with Gasteiger partial charge < -0.3 is 4.90 Å². The minimum atomic E-state index is 0.266. The van der Waals surface area contributed by atoms with Gasteiger partial charge in [0, 0.05) is 18.2 Å². The summed E-state index contributed by atoms with van der Waals surface area (Å²) < 4.78 is 0. The van der Waals surface area contributed by atoms with Gasteiger partial charge in [0.15, 0.2) is 0 Å². The lowest BCUT2D eigenvalue weighted by Crippen LogP contribution is -2.44. The summed E-state index contributed by atoms with van der Waals surface area (Å²) in [6.45, 7) is 8.57. The lowest BCUT2D eigenvalue weighted by Gasteiger charge is -2.36. The molecule has 1 aromatic rings. The summed E-state index contributed by atoms with van der Waals surface area (Å²) in [5.74, 6) is 0.744. The summed E-state index contributed by atoms with van der Waals surface area (Å²) in [5, 5.41) is 0. The van der Waals surface area contributed by atoms with Crippen LogP contribution in [0.2, 0.25) is 0 Å². The molecular formula is C15H21NO. The Hall–Kier alpha value is -1.31. The summed E-state index contributed by atoms with van der Waals surface area (Å²) in [5.41, 5.74) is 3.71. The lowest BCUT2D eigenvalue weighted by molar-refractivity contribution is -0.119. The van der Waals surface area contributed by atoms with Crippen molar-refractivity contribution < 1.29 is 4.79 Å². The molecule has 1 atom stereocenters. The van der Waals surface area contributed by atoms with Gasteiger partial charge in [-0.2, -0.15) is 0 Å². The van der Waals surface area contributed by atoms with Crippen LogP contribution in [-0.2, 0) is 11.2 Å². The average molecular weight is 231 g/mol. The maximum atomic E-state index is 12.1. The molecular weight excluding hydrogens is 210 g/mol. The fourth-order valence-electron chi connectivity index (χ4n) is 2.39. The van der Waals surface area contributed by atoms with E-state index in [0.29, 0.717) is 12.3 Å². The highest BCUT2D eigenvalue weighted by molar-refractivity contribution is 5.97. The van der Waals surface area contributed by atoms with Crippen LogP contribution in [0.4, 0.5) is 5.69 Å². The van der Waals surface area contributed by atoms with E-state index in [2.05, 4.69) is 45.9 Å². The number of nitrogens with zero attached hydrogens (tertiary/aromatic N) is 1. The SMILES string of the molecule is Cc1ccc2c(c1)CCC(=O)N2C(C)C(C)C. The molecule has 1 amide bonds. The molecule has 0 saturated heterocycles. The van der Waals surface area contributed by atoms with Crippen LogP contribution < -0.4 is 4.90 Å². The second-order valence-corrected chi connectivity index (χ2v) is 5.38. The number of benzene rings is 1. The first-order valence-electron chi connectivity index (χ1n) is 6.42. The first-order chi connectivity index (χ1) is 8.00. The summed E-state index contributed by atoms with van der Waals surface area (Å²) >= 11 is 0. The monoisotopic (exact) mass is 231 g/mol. The van der Waals surface area contributed by atoms with Crippen molar-refractivity contribution in [3.63, 3.8) is 0 Å². The molecule has 0 aliphatic carbocycles. The van der Waals surface area contributed by atoms with Crippen molar-refractivity contribution in [2.24, 2.45) is 5.92 Å². The highest BCUT2D eigenvalue weighted by Crippen LogP contribution is 2.31. The van der Waals surface area contributed by atoms with E-state index in [9.17, 15) is 4.79 Å². The van der Waals surface area contributed by atoms with Crippen LogP contribution in [0.5, 0.6) is 0 Å². The molecule has 1 aromatic carbocycles. The number of amides is 1. The largest absolute Gasteiger partial charge is 0.309 e. The number of hydrogen-bond acceptors (Lipinski definition) is 1. The Morgan fingerprint density at radius 2 is 1.88 bits per heavy atom. The molecule has 0 aromatic heterocycles. The second kappa shape index (κ2) is 4.52. The minimum absolute atomic E-state index is 0.266. The van der Waals surface area contributed by atoms with E-state index in [1.807, 2.05) is 4.90 Å². The number of fused-ring (bicyclic) bond motifs is 1. The Balaban J connectivity index is 2.43. The standard InChI is InChI=1S/C15H21NO/c1-10(2)12(4)16-14-7-5-11(3)9-13(14)6-8-15(16)17/h5,7,9-10,12H,6,8H2,1-4H3. The highest BCUT2D eigenvalue weighted by Gasteiger charge is 2.29. The van der Waals surface area contributed by atoms with Crippen LogP contribution in [0.1, 0.15) is 38.3 Å². The van der Waals surface area contributed by atoms with E-state index in [1.165, 1.54) is 11.1 Å². The van der Waals surface area contributed by atoms with Gasteiger partial charge in [-0.1, -0.05) is 31.5 Å². The molecule has 2 heteroatoms. The second-order valence-electron chi connectivity index (χ2n) is 5.38. The van der Waals surface area contributed by atoms with Crippen molar-refractivity contribution in [1.29, 1.82) is 0 Å². The number of anilines is 1. The molecule has 0 radical (unpaired) electrons. The fourth-order valence-corrected chi connectivity index (χ4v) is 2.39. The van der Waals surface area contributed by atoms with E-state index >= 15 is 0 Å². The van der Waals surface area contributed by atoms with Crippen LogP contribution in [0.3, 0.4) is 0 Å². The molecule has 1 aliphatic heterocycles. The quantitative estimate of drug-likeness (QED) is 0.764. The van der Waals surface area contributed by atoms with Gasteiger partial charge in [0.25, 0.3) is 0 Å².